The van der Waals surface area contributed by atoms with Crippen molar-refractivity contribution in [1.82, 2.24) is 0 Å². The fourth-order valence-electron chi connectivity index (χ4n) is 7.09. The van der Waals surface area contributed by atoms with E-state index in [0.29, 0.717) is 0 Å². The van der Waals surface area contributed by atoms with Crippen LogP contribution in [0.25, 0.3) is 0 Å². The van der Waals surface area contributed by atoms with Crippen LogP contribution in [0.15, 0.2) is 24.3 Å². The maximum Gasteiger partial charge on any atom is -0.0233 e. The van der Waals surface area contributed by atoms with Gasteiger partial charge in [0.1, 0.15) is 0 Å². The lowest BCUT2D eigenvalue weighted by atomic mass is 9.68. The van der Waals surface area contributed by atoms with Crippen LogP contribution in [-0.2, 0) is 0 Å². The van der Waals surface area contributed by atoms with Gasteiger partial charge in [0.15, 0.2) is 0 Å². The van der Waals surface area contributed by atoms with Gasteiger partial charge in [-0.1, -0.05) is 82.6 Å². The van der Waals surface area contributed by atoms with Crippen molar-refractivity contribution in [1.29, 1.82) is 0 Å². The quantitative estimate of drug-likeness (QED) is 0.313. The summed E-state index contributed by atoms with van der Waals surface area (Å²) in [6.07, 6.45) is 36.3. The molecule has 0 heterocycles. The molecule has 3 aliphatic carbocycles. The third-order valence-electron chi connectivity index (χ3n) is 9.16. The minimum Gasteiger partial charge on any atom is -0.0917 e. The Labute approximate surface area is 189 Å². The van der Waals surface area contributed by atoms with Gasteiger partial charge < -0.3 is 0 Å². The van der Waals surface area contributed by atoms with E-state index in [0.717, 1.165) is 35.5 Å². The van der Waals surface area contributed by atoms with Crippen LogP contribution in [0.1, 0.15) is 129 Å². The summed E-state index contributed by atoms with van der Waals surface area (Å²) in [5.74, 6) is 6.16. The van der Waals surface area contributed by atoms with Crippen molar-refractivity contribution in [2.24, 2.45) is 35.5 Å². The third kappa shape index (κ3) is 8.20. The predicted molar refractivity (Wildman–Crippen MR) is 134 cm³/mol. The highest BCUT2D eigenvalue weighted by molar-refractivity contribution is 4.93. The molecule has 3 rings (SSSR count). The van der Waals surface area contributed by atoms with Crippen molar-refractivity contribution in [3.8, 4) is 0 Å². The van der Waals surface area contributed by atoms with E-state index in [2.05, 4.69) is 38.2 Å². The van der Waals surface area contributed by atoms with Crippen LogP contribution in [0.3, 0.4) is 0 Å². The third-order valence-corrected chi connectivity index (χ3v) is 9.16. The Bertz CT molecular complexity index is 476. The van der Waals surface area contributed by atoms with Crippen LogP contribution < -0.4 is 0 Å². The zero-order chi connectivity index (χ0) is 21.0. The van der Waals surface area contributed by atoms with Gasteiger partial charge in [-0.25, -0.2) is 0 Å². The first kappa shape index (κ1) is 24.1. The topological polar surface area (TPSA) is 0 Å². The second-order valence-electron chi connectivity index (χ2n) is 11.3. The standard InChI is InChI=1S/C30H52/c1-3-5-6-10-26-13-15-27(16-14-26)11-7-8-12-28-19-23-30(24-20-28)29-21-17-25(9-4-2)18-22-29/h3,5,8,12,25-30H,4,6-7,9-11,13-24H2,1-2H3/b5-3+,12-8+/t25-,26-,27-,28?,29-,30?. The SMILES string of the molecule is C/C=C/CC[C@H]1CC[C@H](CC/C=C/C2CCC([C@H]3CC[C@H](CCC)CC3)CC2)CC1. The summed E-state index contributed by atoms with van der Waals surface area (Å²) in [7, 11) is 0. The minimum absolute atomic E-state index is 0.903. The molecule has 3 aliphatic rings. The first-order chi connectivity index (χ1) is 14.8. The lowest BCUT2D eigenvalue weighted by molar-refractivity contribution is 0.152. The van der Waals surface area contributed by atoms with Gasteiger partial charge in [-0.05, 0) is 107 Å². The second kappa shape index (κ2) is 13.8. The predicted octanol–water partition coefficient (Wildman–Crippen LogP) is 9.90. The summed E-state index contributed by atoms with van der Waals surface area (Å²) in [6, 6.07) is 0. The maximum atomic E-state index is 2.62. The molecule has 0 nitrogen and oxygen atoms in total. The molecule has 0 aromatic heterocycles. The van der Waals surface area contributed by atoms with E-state index in [-0.39, 0.29) is 0 Å². The average molecular weight is 413 g/mol. The van der Waals surface area contributed by atoms with Gasteiger partial charge in [0.25, 0.3) is 0 Å². The molecule has 0 spiro atoms. The Morgan fingerprint density at radius 2 is 1.03 bits per heavy atom. The molecular formula is C30H52. The molecule has 172 valence electrons. The smallest absolute Gasteiger partial charge is 0.0233 e. The molecule has 0 aromatic carbocycles. The van der Waals surface area contributed by atoms with E-state index in [1.54, 1.807) is 12.8 Å². The Balaban J connectivity index is 1.24. The highest BCUT2D eigenvalue weighted by atomic mass is 14.4. The van der Waals surface area contributed by atoms with E-state index in [1.165, 1.54) is 103 Å². The molecule has 0 saturated heterocycles. The Morgan fingerprint density at radius 1 is 0.567 bits per heavy atom. The van der Waals surface area contributed by atoms with E-state index in [4.69, 9.17) is 0 Å². The van der Waals surface area contributed by atoms with Crippen molar-refractivity contribution in [2.45, 2.75) is 129 Å². The van der Waals surface area contributed by atoms with Crippen LogP contribution in [0, 0.1) is 35.5 Å². The number of hydrogen-bond donors (Lipinski definition) is 0. The molecule has 3 fully saturated rings. The van der Waals surface area contributed by atoms with Crippen molar-refractivity contribution in [3.63, 3.8) is 0 Å². The van der Waals surface area contributed by atoms with Gasteiger partial charge in [0.2, 0.25) is 0 Å². The minimum atomic E-state index is 0.903. The highest BCUT2D eigenvalue weighted by Gasteiger charge is 2.30. The highest BCUT2D eigenvalue weighted by Crippen LogP contribution is 2.42. The van der Waals surface area contributed by atoms with E-state index in [1.807, 2.05) is 0 Å². The zero-order valence-electron chi connectivity index (χ0n) is 20.5. The molecule has 0 aliphatic heterocycles. The molecule has 0 atom stereocenters. The van der Waals surface area contributed by atoms with E-state index < -0.39 is 0 Å². The van der Waals surface area contributed by atoms with E-state index >= 15 is 0 Å². The first-order valence-electron chi connectivity index (χ1n) is 14.1. The Kier molecular flexibility index (Phi) is 11.1. The summed E-state index contributed by atoms with van der Waals surface area (Å²) in [5.41, 5.74) is 0. The van der Waals surface area contributed by atoms with E-state index in [9.17, 15) is 0 Å². The van der Waals surface area contributed by atoms with Gasteiger partial charge in [-0.15, -0.1) is 0 Å². The Hall–Kier alpha value is -0.520. The molecule has 0 radical (unpaired) electrons. The molecule has 0 amide bonds. The van der Waals surface area contributed by atoms with Crippen LogP contribution >= 0.6 is 0 Å². The summed E-state index contributed by atoms with van der Waals surface area (Å²) in [4.78, 5) is 0. The zero-order valence-corrected chi connectivity index (χ0v) is 20.5. The molecule has 0 unspecified atom stereocenters. The van der Waals surface area contributed by atoms with Gasteiger partial charge in [0.05, 0.1) is 0 Å². The van der Waals surface area contributed by atoms with Gasteiger partial charge in [-0.2, -0.15) is 0 Å². The number of rotatable bonds is 10. The van der Waals surface area contributed by atoms with Crippen molar-refractivity contribution in [3.05, 3.63) is 24.3 Å². The van der Waals surface area contributed by atoms with Crippen LogP contribution in [-0.4, -0.2) is 0 Å². The number of allylic oxidation sites excluding steroid dienone is 4. The normalized spacial score (nSPS) is 35.9. The van der Waals surface area contributed by atoms with Crippen LogP contribution in [0.5, 0.6) is 0 Å². The monoisotopic (exact) mass is 412 g/mol. The molecule has 30 heavy (non-hydrogen) atoms. The molecule has 3 saturated carbocycles. The van der Waals surface area contributed by atoms with Crippen molar-refractivity contribution in [2.75, 3.05) is 0 Å². The largest absolute Gasteiger partial charge is 0.0917 e. The Morgan fingerprint density at radius 3 is 1.57 bits per heavy atom. The average Bonchev–Trinajstić information content (AvgIpc) is 2.79. The lowest BCUT2D eigenvalue weighted by Crippen LogP contribution is -2.25. The van der Waals surface area contributed by atoms with Gasteiger partial charge in [0, 0.05) is 0 Å². The maximum absolute atomic E-state index is 2.62. The number of hydrogen-bond acceptors (Lipinski definition) is 0. The van der Waals surface area contributed by atoms with Crippen LogP contribution in [0.2, 0.25) is 0 Å². The molecule has 0 bridgehead atoms. The summed E-state index contributed by atoms with van der Waals surface area (Å²) >= 11 is 0. The van der Waals surface area contributed by atoms with Crippen LogP contribution in [0.4, 0.5) is 0 Å². The molecular weight excluding hydrogens is 360 g/mol. The summed E-state index contributed by atoms with van der Waals surface area (Å²) in [5, 5.41) is 0. The first-order valence-corrected chi connectivity index (χ1v) is 14.1. The molecule has 0 aromatic rings. The fraction of sp³-hybridized carbons (Fsp3) is 0.867. The van der Waals surface area contributed by atoms with Crippen molar-refractivity contribution < 1.29 is 0 Å². The fourth-order valence-corrected chi connectivity index (χ4v) is 7.09. The van der Waals surface area contributed by atoms with Crippen molar-refractivity contribution >= 4 is 0 Å². The molecule has 0 N–H and O–H groups in total. The summed E-state index contributed by atoms with van der Waals surface area (Å²) in [6.45, 7) is 4.51. The van der Waals surface area contributed by atoms with Gasteiger partial charge >= 0.3 is 0 Å². The molecule has 0 heteroatoms. The second-order valence-corrected chi connectivity index (χ2v) is 11.3. The van der Waals surface area contributed by atoms with Gasteiger partial charge in [-0.3, -0.25) is 0 Å². The summed E-state index contributed by atoms with van der Waals surface area (Å²) < 4.78 is 0. The lowest BCUT2D eigenvalue weighted by Gasteiger charge is -2.37.